The van der Waals surface area contributed by atoms with E-state index < -0.39 is 72.9 Å². The number of aromatic hydroxyl groups is 1. The molecule has 43 heavy (non-hydrogen) atoms. The number of rotatable bonds is 7. The fourth-order valence-corrected chi connectivity index (χ4v) is 5.36. The first-order chi connectivity index (χ1) is 20.5. The molecule has 14 nitrogen and oxygen atoms in total. The van der Waals surface area contributed by atoms with Gasteiger partial charge in [-0.2, -0.15) is 4.99 Å². The average molecular weight is 594 g/mol. The molecule has 0 bridgehead atoms. The highest BCUT2D eigenvalue weighted by molar-refractivity contribution is 6.24. The summed E-state index contributed by atoms with van der Waals surface area (Å²) in [6.07, 6.45) is -5.54. The molecule has 3 aromatic rings. The van der Waals surface area contributed by atoms with E-state index in [1.807, 2.05) is 0 Å². The number of para-hydroxylation sites is 1. The third kappa shape index (κ3) is 5.56. The molecule has 1 fully saturated rings. The topological polar surface area (TPSA) is 182 Å². The minimum atomic E-state index is -1.49. The largest absolute Gasteiger partial charge is 0.494 e. The van der Waals surface area contributed by atoms with Gasteiger partial charge in [-0.25, -0.2) is 4.98 Å². The van der Waals surface area contributed by atoms with Crippen LogP contribution >= 0.6 is 0 Å². The Bertz CT molecular complexity index is 1780. The molecule has 0 radical (unpaired) electrons. The van der Waals surface area contributed by atoms with Crippen LogP contribution in [0.2, 0.25) is 0 Å². The van der Waals surface area contributed by atoms with Crippen molar-refractivity contribution < 1.29 is 52.8 Å². The average Bonchev–Trinajstić information content (AvgIpc) is 3.41. The van der Waals surface area contributed by atoms with Gasteiger partial charge in [-0.1, -0.05) is 18.2 Å². The zero-order valence-electron chi connectivity index (χ0n) is 23.5. The SMILES string of the molecule is CC(=O)OC[C@H]1OC(n2c(O)c(C3=c4cccnc4=NC3=O)c3ccccc32)[C@H](OC(C)=O)[C@@H](OC(C)=O)[C@@H]1OC(C)=O. The Balaban J connectivity index is 1.76. The van der Waals surface area contributed by atoms with Crippen LogP contribution < -0.4 is 10.7 Å². The molecule has 14 heteroatoms. The van der Waals surface area contributed by atoms with E-state index in [1.165, 1.54) is 10.8 Å². The minimum absolute atomic E-state index is 0.0844. The number of aromatic nitrogens is 2. The molecule has 4 heterocycles. The summed E-state index contributed by atoms with van der Waals surface area (Å²) in [6, 6.07) is 9.95. The number of fused-ring (bicyclic) bond motifs is 2. The van der Waals surface area contributed by atoms with Gasteiger partial charge < -0.3 is 28.8 Å². The first-order valence-corrected chi connectivity index (χ1v) is 13.2. The van der Waals surface area contributed by atoms with Gasteiger partial charge in [0, 0.05) is 44.5 Å². The lowest BCUT2D eigenvalue weighted by atomic mass is 9.97. The van der Waals surface area contributed by atoms with Gasteiger partial charge >= 0.3 is 23.9 Å². The summed E-state index contributed by atoms with van der Waals surface area (Å²) in [5.41, 5.74) is 0.727. The predicted molar refractivity (Wildman–Crippen MR) is 143 cm³/mol. The third-order valence-corrected chi connectivity index (χ3v) is 6.83. The van der Waals surface area contributed by atoms with Gasteiger partial charge in [-0.05, 0) is 18.2 Å². The van der Waals surface area contributed by atoms with E-state index in [0.717, 1.165) is 27.7 Å². The summed E-state index contributed by atoms with van der Waals surface area (Å²) in [6.45, 7) is 4.06. The van der Waals surface area contributed by atoms with Crippen molar-refractivity contribution in [3.63, 3.8) is 0 Å². The first kappa shape index (κ1) is 29.4. The number of benzene rings is 1. The Kier molecular flexibility index (Phi) is 7.96. The van der Waals surface area contributed by atoms with E-state index in [-0.39, 0.29) is 16.6 Å². The zero-order valence-corrected chi connectivity index (χ0v) is 23.5. The van der Waals surface area contributed by atoms with E-state index in [2.05, 4.69) is 9.98 Å². The summed E-state index contributed by atoms with van der Waals surface area (Å²) in [5, 5.41) is 12.6. The number of amides is 1. The third-order valence-electron chi connectivity index (χ3n) is 6.83. The second-order valence-electron chi connectivity index (χ2n) is 9.84. The van der Waals surface area contributed by atoms with Crippen molar-refractivity contribution >= 4 is 46.3 Å². The fraction of sp³-hybridized carbons (Fsp3) is 0.345. The lowest BCUT2D eigenvalue weighted by Crippen LogP contribution is -2.60. The van der Waals surface area contributed by atoms with E-state index in [9.17, 15) is 29.1 Å². The summed E-state index contributed by atoms with van der Waals surface area (Å²) in [4.78, 5) is 69.7. The molecule has 1 unspecified atom stereocenters. The number of carbonyl (C=O) groups is 5. The molecule has 1 saturated heterocycles. The molecule has 1 amide bonds. The molecule has 224 valence electrons. The molecular formula is C29H27N3O11. The molecule has 1 aromatic carbocycles. The highest BCUT2D eigenvalue weighted by Crippen LogP contribution is 2.43. The Morgan fingerprint density at radius 1 is 0.884 bits per heavy atom. The standard InChI is InChI=1S/C29H27N3O11/c1-13(33)39-12-20-23(40-14(2)34)24(41-15(3)35)25(42-16(4)36)29(43-20)32-19-10-6-5-8-17(19)22(28(32)38)21-18-9-7-11-30-26(18)31-27(21)37/h5-11,20,23-25,29,38H,12H2,1-4H3/t20-,23-,24+,25-,29?/m1/s1. The van der Waals surface area contributed by atoms with Crippen LogP contribution in [-0.2, 0) is 47.7 Å². The van der Waals surface area contributed by atoms with Crippen LogP contribution in [0.5, 0.6) is 5.88 Å². The Morgan fingerprint density at radius 2 is 1.53 bits per heavy atom. The summed E-state index contributed by atoms with van der Waals surface area (Å²) < 4.78 is 29.3. The summed E-state index contributed by atoms with van der Waals surface area (Å²) in [7, 11) is 0. The smallest absolute Gasteiger partial charge is 0.303 e. The Morgan fingerprint density at radius 3 is 2.21 bits per heavy atom. The number of carbonyl (C=O) groups excluding carboxylic acids is 5. The van der Waals surface area contributed by atoms with Gasteiger partial charge in [0.2, 0.25) is 5.88 Å². The molecule has 5 rings (SSSR count). The normalized spacial score (nSPS) is 22.8. The Labute approximate surface area is 243 Å². The second kappa shape index (κ2) is 11.6. The van der Waals surface area contributed by atoms with Gasteiger partial charge in [0.25, 0.3) is 5.91 Å². The lowest BCUT2D eigenvalue weighted by molar-refractivity contribution is -0.268. The van der Waals surface area contributed by atoms with Crippen molar-refractivity contribution in [1.29, 1.82) is 0 Å². The molecule has 0 spiro atoms. The van der Waals surface area contributed by atoms with Gasteiger partial charge in [-0.3, -0.25) is 28.5 Å². The van der Waals surface area contributed by atoms with Crippen LogP contribution in [0, 0.1) is 0 Å². The maximum atomic E-state index is 13.1. The molecule has 2 aliphatic rings. The first-order valence-electron chi connectivity index (χ1n) is 13.2. The zero-order chi connectivity index (χ0) is 31.0. The monoisotopic (exact) mass is 593 g/mol. The molecule has 5 atom stereocenters. The summed E-state index contributed by atoms with van der Waals surface area (Å²) >= 11 is 0. The quantitative estimate of drug-likeness (QED) is 0.294. The molecule has 2 aliphatic heterocycles. The van der Waals surface area contributed by atoms with E-state index in [1.54, 1.807) is 36.4 Å². The van der Waals surface area contributed by atoms with Crippen molar-refractivity contribution in [1.82, 2.24) is 9.55 Å². The molecular weight excluding hydrogens is 566 g/mol. The number of esters is 4. The van der Waals surface area contributed by atoms with Crippen LogP contribution in [-0.4, -0.2) is 75.5 Å². The highest BCUT2D eigenvalue weighted by Gasteiger charge is 2.53. The van der Waals surface area contributed by atoms with Gasteiger partial charge in [0.15, 0.2) is 30.0 Å². The maximum absolute atomic E-state index is 13.1. The van der Waals surface area contributed by atoms with Crippen LogP contribution in [0.4, 0.5) is 0 Å². The maximum Gasteiger partial charge on any atom is 0.303 e. The fourth-order valence-electron chi connectivity index (χ4n) is 5.36. The van der Waals surface area contributed by atoms with Gasteiger partial charge in [-0.15, -0.1) is 0 Å². The predicted octanol–water partition coefficient (Wildman–Crippen LogP) is 0.356. The lowest BCUT2D eigenvalue weighted by Gasteiger charge is -2.45. The van der Waals surface area contributed by atoms with Crippen LogP contribution in [0.25, 0.3) is 16.5 Å². The number of hydrogen-bond acceptors (Lipinski definition) is 12. The summed E-state index contributed by atoms with van der Waals surface area (Å²) in [5.74, 6) is -4.14. The van der Waals surface area contributed by atoms with Crippen molar-refractivity contribution in [3.8, 4) is 5.88 Å². The Hall–Kier alpha value is -5.11. The van der Waals surface area contributed by atoms with E-state index in [0.29, 0.717) is 16.1 Å². The highest BCUT2D eigenvalue weighted by atomic mass is 16.7. The number of pyridine rings is 1. The number of ether oxygens (including phenoxy) is 5. The number of nitrogens with zero attached hydrogens (tertiary/aromatic N) is 3. The number of hydrogen-bond donors (Lipinski definition) is 1. The van der Waals surface area contributed by atoms with E-state index >= 15 is 0 Å². The van der Waals surface area contributed by atoms with Crippen molar-refractivity contribution in [2.75, 3.05) is 6.61 Å². The van der Waals surface area contributed by atoms with Crippen molar-refractivity contribution in [2.45, 2.75) is 58.3 Å². The molecule has 2 aromatic heterocycles. The van der Waals surface area contributed by atoms with Crippen LogP contribution in [0.1, 0.15) is 39.5 Å². The van der Waals surface area contributed by atoms with E-state index in [4.69, 9.17) is 23.7 Å². The molecule has 0 aliphatic carbocycles. The van der Waals surface area contributed by atoms with Crippen LogP contribution in [0.3, 0.4) is 0 Å². The second-order valence-corrected chi connectivity index (χ2v) is 9.84. The molecule has 0 saturated carbocycles. The van der Waals surface area contributed by atoms with Crippen molar-refractivity contribution in [2.24, 2.45) is 4.99 Å². The van der Waals surface area contributed by atoms with Crippen LogP contribution in [0.15, 0.2) is 47.6 Å². The van der Waals surface area contributed by atoms with Crippen molar-refractivity contribution in [3.05, 3.63) is 58.9 Å². The van der Waals surface area contributed by atoms with Gasteiger partial charge in [0.1, 0.15) is 12.7 Å². The molecule has 1 N–H and O–H groups in total. The minimum Gasteiger partial charge on any atom is -0.494 e. The van der Waals surface area contributed by atoms with Gasteiger partial charge in [0.05, 0.1) is 16.7 Å².